The third-order valence-corrected chi connectivity index (χ3v) is 5.70. The molecule has 0 aliphatic heterocycles. The maximum Gasteiger partial charge on any atom is 0.326 e. The molecule has 4 atom stereocenters. The summed E-state index contributed by atoms with van der Waals surface area (Å²) in [6, 6.07) is -4.50. The van der Waals surface area contributed by atoms with Crippen LogP contribution in [0.5, 0.6) is 0 Å². The van der Waals surface area contributed by atoms with Crippen LogP contribution in [0, 0.1) is 0 Å². The highest BCUT2D eigenvalue weighted by atomic mass is 32.2. The van der Waals surface area contributed by atoms with Crippen molar-refractivity contribution in [2.24, 2.45) is 11.5 Å². The van der Waals surface area contributed by atoms with Crippen molar-refractivity contribution in [3.8, 4) is 0 Å². The van der Waals surface area contributed by atoms with Crippen LogP contribution in [-0.4, -0.2) is 86.6 Å². The fraction of sp³-hybridized carbons (Fsp3) is 0.579. The summed E-state index contributed by atoms with van der Waals surface area (Å²) in [4.78, 5) is 67.1. The number of aliphatic carboxylic acids is 1. The van der Waals surface area contributed by atoms with Gasteiger partial charge in [0.2, 0.25) is 23.6 Å². The highest BCUT2D eigenvalue weighted by Crippen LogP contribution is 2.05. The number of H-pyrrole nitrogens is 1. The topological polar surface area (TPSA) is 222 Å². The van der Waals surface area contributed by atoms with E-state index in [9.17, 15) is 29.1 Å². The standard InChI is InChI=1S/C19H31N7O6S2/c1-34-5-4-11(20)16(28)26-14(8-33)18(30)25-13(6-10-7-22-9-23-10)17(29)24-12(19(31)32)2-3-15(21)27/h7,9,11-14,33H,2-6,8,20H2,1H3,(H2,21,27)(H,22,23)(H,24,29)(H,25,30)(H,26,28)(H,31,32). The molecule has 4 amide bonds. The molecule has 1 rings (SSSR count). The van der Waals surface area contributed by atoms with Crippen molar-refractivity contribution in [2.75, 3.05) is 17.8 Å². The Labute approximate surface area is 206 Å². The molecule has 0 aliphatic carbocycles. The number of nitrogens with two attached hydrogens (primary N) is 2. The molecule has 1 aromatic heterocycles. The quantitative estimate of drug-likeness (QED) is 0.111. The fourth-order valence-electron chi connectivity index (χ4n) is 2.76. The lowest BCUT2D eigenvalue weighted by molar-refractivity contribution is -0.142. The van der Waals surface area contributed by atoms with Crippen molar-refractivity contribution in [3.63, 3.8) is 0 Å². The minimum Gasteiger partial charge on any atom is -0.480 e. The molecule has 1 heterocycles. The monoisotopic (exact) mass is 517 g/mol. The van der Waals surface area contributed by atoms with Crippen molar-refractivity contribution in [1.29, 1.82) is 0 Å². The van der Waals surface area contributed by atoms with Crippen molar-refractivity contribution in [2.45, 2.75) is 49.9 Å². The summed E-state index contributed by atoms with van der Waals surface area (Å²) in [5.74, 6) is -3.52. The molecule has 0 fully saturated rings. The second kappa shape index (κ2) is 15.2. The molecule has 13 nitrogen and oxygen atoms in total. The first-order valence-corrected chi connectivity index (χ1v) is 12.4. The van der Waals surface area contributed by atoms with Crippen LogP contribution in [0.15, 0.2) is 12.5 Å². The number of amides is 4. The van der Waals surface area contributed by atoms with Crippen LogP contribution in [-0.2, 0) is 30.4 Å². The highest BCUT2D eigenvalue weighted by Gasteiger charge is 2.30. The summed E-state index contributed by atoms with van der Waals surface area (Å²) in [7, 11) is 0. The number of carbonyl (C=O) groups excluding carboxylic acids is 4. The number of aromatic amines is 1. The van der Waals surface area contributed by atoms with Gasteiger partial charge in [0.15, 0.2) is 0 Å². The van der Waals surface area contributed by atoms with Gasteiger partial charge in [0.1, 0.15) is 18.1 Å². The second-order valence-electron chi connectivity index (χ2n) is 7.38. The number of thiol groups is 1. The number of thioether (sulfide) groups is 1. The number of carboxylic acids is 1. The SMILES string of the molecule is CSCCC(N)C(=O)NC(CS)C(=O)NC(Cc1cnc[nH]1)C(=O)NC(CCC(N)=O)C(=O)O. The van der Waals surface area contributed by atoms with E-state index < -0.39 is 53.8 Å². The first kappa shape index (κ1) is 29.3. The fourth-order valence-corrected chi connectivity index (χ4v) is 3.51. The van der Waals surface area contributed by atoms with Crippen molar-refractivity contribution in [3.05, 3.63) is 18.2 Å². The van der Waals surface area contributed by atoms with Crippen LogP contribution < -0.4 is 27.4 Å². The molecule has 9 N–H and O–H groups in total. The third kappa shape index (κ3) is 10.4. The first-order chi connectivity index (χ1) is 16.1. The molecule has 190 valence electrons. The third-order valence-electron chi connectivity index (χ3n) is 4.69. The smallest absolute Gasteiger partial charge is 0.326 e. The van der Waals surface area contributed by atoms with Crippen molar-refractivity contribution < 1.29 is 29.1 Å². The summed E-state index contributed by atoms with van der Waals surface area (Å²) in [5.41, 5.74) is 11.4. The van der Waals surface area contributed by atoms with Gasteiger partial charge in [-0.15, -0.1) is 0 Å². The van der Waals surface area contributed by atoms with Crippen molar-refractivity contribution >= 4 is 54.0 Å². The van der Waals surface area contributed by atoms with Crippen LogP contribution in [0.3, 0.4) is 0 Å². The maximum atomic E-state index is 12.9. The zero-order chi connectivity index (χ0) is 25.7. The van der Waals surface area contributed by atoms with E-state index in [-0.39, 0.29) is 25.0 Å². The van der Waals surface area contributed by atoms with Gasteiger partial charge >= 0.3 is 5.97 Å². The highest BCUT2D eigenvalue weighted by molar-refractivity contribution is 7.98. The lowest BCUT2D eigenvalue weighted by Gasteiger charge is -2.24. The molecule has 0 aromatic carbocycles. The summed E-state index contributed by atoms with van der Waals surface area (Å²) < 4.78 is 0. The summed E-state index contributed by atoms with van der Waals surface area (Å²) >= 11 is 5.63. The van der Waals surface area contributed by atoms with Gasteiger partial charge in [-0.05, 0) is 24.9 Å². The van der Waals surface area contributed by atoms with Gasteiger partial charge in [-0.1, -0.05) is 0 Å². The number of aromatic nitrogens is 2. The Bertz CT molecular complexity index is 839. The van der Waals surface area contributed by atoms with E-state index in [4.69, 9.17) is 11.5 Å². The van der Waals surface area contributed by atoms with Crippen LogP contribution in [0.2, 0.25) is 0 Å². The number of nitrogens with zero attached hydrogens (tertiary/aromatic N) is 1. The second-order valence-corrected chi connectivity index (χ2v) is 8.73. The molecule has 1 aromatic rings. The van der Waals surface area contributed by atoms with E-state index >= 15 is 0 Å². The minimum atomic E-state index is -1.39. The molecule has 34 heavy (non-hydrogen) atoms. The molecular weight excluding hydrogens is 486 g/mol. The maximum absolute atomic E-state index is 12.9. The summed E-state index contributed by atoms with van der Waals surface area (Å²) in [5, 5.41) is 16.7. The summed E-state index contributed by atoms with van der Waals surface area (Å²) in [6.07, 6.45) is 4.61. The molecule has 0 spiro atoms. The van der Waals surface area contributed by atoms with E-state index in [1.54, 1.807) is 0 Å². The Kier molecular flexibility index (Phi) is 13.1. The number of nitrogens with one attached hydrogen (secondary N) is 4. The first-order valence-electron chi connectivity index (χ1n) is 10.3. The van der Waals surface area contributed by atoms with Crippen LogP contribution in [0.4, 0.5) is 0 Å². The van der Waals surface area contributed by atoms with Crippen LogP contribution >= 0.6 is 24.4 Å². The van der Waals surface area contributed by atoms with E-state index in [0.29, 0.717) is 17.9 Å². The Morgan fingerprint density at radius 2 is 1.71 bits per heavy atom. The van der Waals surface area contributed by atoms with Crippen LogP contribution in [0.1, 0.15) is 25.0 Å². The Morgan fingerprint density at radius 1 is 1.09 bits per heavy atom. The number of rotatable bonds is 16. The van der Waals surface area contributed by atoms with Gasteiger partial charge in [0, 0.05) is 30.5 Å². The van der Waals surface area contributed by atoms with Gasteiger partial charge in [0.05, 0.1) is 12.4 Å². The number of carboxylic acid groups (broad SMARTS) is 1. The average molecular weight is 518 g/mol. The Hall–Kier alpha value is -2.78. The molecular formula is C19H31N7O6S2. The number of primary amides is 1. The lowest BCUT2D eigenvalue weighted by atomic mass is 10.1. The molecule has 0 saturated heterocycles. The predicted molar refractivity (Wildman–Crippen MR) is 129 cm³/mol. The molecule has 0 aliphatic rings. The van der Waals surface area contributed by atoms with Gasteiger partial charge in [-0.2, -0.15) is 24.4 Å². The number of hydrogen-bond acceptors (Lipinski definition) is 9. The van der Waals surface area contributed by atoms with Crippen molar-refractivity contribution in [1.82, 2.24) is 25.9 Å². The van der Waals surface area contributed by atoms with E-state index in [1.807, 2.05) is 6.26 Å². The average Bonchev–Trinajstić information content (AvgIpc) is 3.30. The predicted octanol–water partition coefficient (Wildman–Crippen LogP) is -2.23. The number of imidazole rings is 1. The number of hydrogen-bond donors (Lipinski definition) is 8. The van der Waals surface area contributed by atoms with Gasteiger partial charge in [-0.3, -0.25) is 19.2 Å². The van der Waals surface area contributed by atoms with E-state index in [2.05, 4.69) is 38.5 Å². The molecule has 15 heteroatoms. The zero-order valence-electron chi connectivity index (χ0n) is 18.7. The van der Waals surface area contributed by atoms with Crippen LogP contribution in [0.25, 0.3) is 0 Å². The van der Waals surface area contributed by atoms with E-state index in [0.717, 1.165) is 0 Å². The summed E-state index contributed by atoms with van der Waals surface area (Å²) in [6.45, 7) is 0. The molecule has 0 radical (unpaired) electrons. The molecule has 0 bridgehead atoms. The molecule has 4 unspecified atom stereocenters. The Balaban J connectivity index is 2.92. The van der Waals surface area contributed by atoms with Gasteiger partial charge in [-0.25, -0.2) is 9.78 Å². The Morgan fingerprint density at radius 3 is 2.24 bits per heavy atom. The lowest BCUT2D eigenvalue weighted by Crippen LogP contribution is -2.58. The molecule has 0 saturated carbocycles. The number of carbonyl (C=O) groups is 5. The zero-order valence-corrected chi connectivity index (χ0v) is 20.4. The minimum absolute atomic E-state index is 0.0415. The largest absolute Gasteiger partial charge is 0.480 e. The van der Waals surface area contributed by atoms with Gasteiger partial charge < -0.3 is 37.5 Å². The normalized spacial score (nSPS) is 14.3. The van der Waals surface area contributed by atoms with E-state index in [1.165, 1.54) is 24.3 Å². The van der Waals surface area contributed by atoms with Gasteiger partial charge in [0.25, 0.3) is 0 Å².